The first-order valence-electron chi connectivity index (χ1n) is 5.98. The lowest BCUT2D eigenvalue weighted by Gasteiger charge is -2.06. The van der Waals surface area contributed by atoms with Crippen molar-refractivity contribution in [3.63, 3.8) is 0 Å². The van der Waals surface area contributed by atoms with Crippen molar-refractivity contribution in [3.8, 4) is 5.75 Å². The van der Waals surface area contributed by atoms with Gasteiger partial charge in [0.2, 0.25) is 0 Å². The Morgan fingerprint density at radius 1 is 1.18 bits per heavy atom. The minimum Gasteiger partial charge on any atom is -0.424 e. The monoisotopic (exact) mass is 357 g/mol. The van der Waals surface area contributed by atoms with E-state index in [-0.39, 0.29) is 22.2 Å². The SMILES string of the molecule is O=C(CSc1ccc([N+](=O)[O-])cc1)Oc1cc(Cl)ccc1Cl. The number of carbonyl (C=O) groups is 1. The van der Waals surface area contributed by atoms with Crippen LogP contribution in [0.4, 0.5) is 5.69 Å². The van der Waals surface area contributed by atoms with Crippen LogP contribution in [0.5, 0.6) is 5.75 Å². The second-order valence-corrected chi connectivity index (χ2v) is 5.98. The number of non-ortho nitro benzene ring substituents is 1. The van der Waals surface area contributed by atoms with E-state index in [1.165, 1.54) is 36.0 Å². The number of carbonyl (C=O) groups excluding carboxylic acids is 1. The molecule has 0 aromatic heterocycles. The molecule has 0 N–H and O–H groups in total. The summed E-state index contributed by atoms with van der Waals surface area (Å²) < 4.78 is 5.13. The molecular weight excluding hydrogens is 349 g/mol. The fourth-order valence-electron chi connectivity index (χ4n) is 1.51. The van der Waals surface area contributed by atoms with E-state index >= 15 is 0 Å². The molecule has 0 spiro atoms. The molecule has 2 aromatic rings. The van der Waals surface area contributed by atoms with Gasteiger partial charge in [-0.25, -0.2) is 0 Å². The smallest absolute Gasteiger partial charge is 0.321 e. The molecule has 0 saturated carbocycles. The first-order valence-corrected chi connectivity index (χ1v) is 7.73. The van der Waals surface area contributed by atoms with Crippen molar-refractivity contribution in [1.82, 2.24) is 0 Å². The van der Waals surface area contributed by atoms with Gasteiger partial charge in [0.25, 0.3) is 5.69 Å². The van der Waals surface area contributed by atoms with Crippen molar-refractivity contribution in [3.05, 3.63) is 62.6 Å². The molecule has 22 heavy (non-hydrogen) atoms. The maximum Gasteiger partial charge on any atom is 0.321 e. The molecule has 0 bridgehead atoms. The Morgan fingerprint density at radius 3 is 2.50 bits per heavy atom. The largest absolute Gasteiger partial charge is 0.424 e. The van der Waals surface area contributed by atoms with Crippen LogP contribution in [-0.4, -0.2) is 16.6 Å². The fourth-order valence-corrected chi connectivity index (χ4v) is 2.50. The van der Waals surface area contributed by atoms with Gasteiger partial charge in [0.05, 0.1) is 15.7 Å². The van der Waals surface area contributed by atoms with Crippen LogP contribution in [0, 0.1) is 10.1 Å². The van der Waals surface area contributed by atoms with Crippen molar-refractivity contribution in [2.24, 2.45) is 0 Å². The lowest BCUT2D eigenvalue weighted by molar-refractivity contribution is -0.384. The summed E-state index contributed by atoms with van der Waals surface area (Å²) in [6.07, 6.45) is 0. The third kappa shape index (κ3) is 4.62. The van der Waals surface area contributed by atoms with E-state index in [1.807, 2.05) is 0 Å². The third-order valence-corrected chi connectivity index (χ3v) is 4.05. The average molecular weight is 358 g/mol. The maximum atomic E-state index is 11.8. The molecule has 0 fully saturated rings. The Hall–Kier alpha value is -1.76. The number of hydrogen-bond donors (Lipinski definition) is 0. The van der Waals surface area contributed by atoms with Gasteiger partial charge in [0.1, 0.15) is 0 Å². The van der Waals surface area contributed by atoms with Crippen LogP contribution in [0.25, 0.3) is 0 Å². The number of hydrogen-bond acceptors (Lipinski definition) is 5. The number of nitro groups is 1. The Balaban J connectivity index is 1.92. The average Bonchev–Trinajstić information content (AvgIpc) is 2.49. The molecule has 0 aliphatic carbocycles. The standard InChI is InChI=1S/C14H9Cl2NO4S/c15-9-1-6-12(16)13(7-9)21-14(18)8-22-11-4-2-10(3-5-11)17(19)20/h1-7H,8H2. The number of halogens is 2. The van der Waals surface area contributed by atoms with Crippen LogP contribution in [0.2, 0.25) is 10.0 Å². The molecule has 114 valence electrons. The zero-order valence-electron chi connectivity index (χ0n) is 11.0. The summed E-state index contributed by atoms with van der Waals surface area (Å²) in [6, 6.07) is 10.5. The lowest BCUT2D eigenvalue weighted by Crippen LogP contribution is -2.10. The highest BCUT2D eigenvalue weighted by Crippen LogP contribution is 2.28. The van der Waals surface area contributed by atoms with Gasteiger partial charge in [-0.3, -0.25) is 14.9 Å². The summed E-state index contributed by atoms with van der Waals surface area (Å²) in [5.41, 5.74) is -0.00219. The van der Waals surface area contributed by atoms with Crippen molar-refractivity contribution >= 4 is 46.6 Å². The Labute approximate surface area is 140 Å². The first kappa shape index (κ1) is 16.6. The summed E-state index contributed by atoms with van der Waals surface area (Å²) in [5, 5.41) is 11.2. The third-order valence-electron chi connectivity index (χ3n) is 2.52. The summed E-state index contributed by atoms with van der Waals surface area (Å²) in [4.78, 5) is 22.6. The van der Waals surface area contributed by atoms with E-state index in [2.05, 4.69) is 0 Å². The molecule has 0 aliphatic rings. The van der Waals surface area contributed by atoms with Crippen LogP contribution in [0.15, 0.2) is 47.4 Å². The summed E-state index contributed by atoms with van der Waals surface area (Å²) in [7, 11) is 0. The Kier molecular flexibility index (Phi) is 5.65. The number of rotatable bonds is 5. The Bertz CT molecular complexity index is 706. The summed E-state index contributed by atoms with van der Waals surface area (Å²) >= 11 is 12.9. The normalized spacial score (nSPS) is 10.3. The molecule has 0 amide bonds. The van der Waals surface area contributed by atoms with Crippen LogP contribution in [-0.2, 0) is 4.79 Å². The zero-order chi connectivity index (χ0) is 16.1. The minimum absolute atomic E-state index is 0.00219. The van der Waals surface area contributed by atoms with Gasteiger partial charge < -0.3 is 4.74 Å². The second kappa shape index (κ2) is 7.49. The van der Waals surface area contributed by atoms with E-state index in [9.17, 15) is 14.9 Å². The molecule has 0 heterocycles. The first-order chi connectivity index (χ1) is 10.5. The quantitative estimate of drug-likeness (QED) is 0.257. The van der Waals surface area contributed by atoms with Crippen LogP contribution in [0.3, 0.4) is 0 Å². The molecule has 0 radical (unpaired) electrons. The number of thioether (sulfide) groups is 1. The topological polar surface area (TPSA) is 69.4 Å². The highest BCUT2D eigenvalue weighted by Gasteiger charge is 2.11. The van der Waals surface area contributed by atoms with Crippen molar-refractivity contribution in [2.75, 3.05) is 5.75 Å². The van der Waals surface area contributed by atoms with E-state index in [4.69, 9.17) is 27.9 Å². The Morgan fingerprint density at radius 2 is 1.86 bits per heavy atom. The van der Waals surface area contributed by atoms with E-state index in [0.29, 0.717) is 5.02 Å². The number of benzene rings is 2. The molecule has 8 heteroatoms. The van der Waals surface area contributed by atoms with Gasteiger partial charge in [-0.2, -0.15) is 0 Å². The van der Waals surface area contributed by atoms with Crippen molar-refractivity contribution in [1.29, 1.82) is 0 Å². The highest BCUT2D eigenvalue weighted by molar-refractivity contribution is 8.00. The molecule has 2 aromatic carbocycles. The van der Waals surface area contributed by atoms with Gasteiger partial charge in [-0.15, -0.1) is 11.8 Å². The van der Waals surface area contributed by atoms with E-state index in [1.54, 1.807) is 18.2 Å². The minimum atomic E-state index is -0.493. The summed E-state index contributed by atoms with van der Waals surface area (Å²) in [5.74, 6) is -0.253. The van der Waals surface area contributed by atoms with E-state index in [0.717, 1.165) is 4.90 Å². The lowest BCUT2D eigenvalue weighted by atomic mass is 10.3. The van der Waals surface area contributed by atoms with Crippen LogP contribution in [0.1, 0.15) is 0 Å². The van der Waals surface area contributed by atoms with Gasteiger partial charge in [-0.05, 0) is 24.3 Å². The summed E-state index contributed by atoms with van der Waals surface area (Å²) in [6.45, 7) is 0. The molecular formula is C14H9Cl2NO4S. The predicted molar refractivity (Wildman–Crippen MR) is 85.9 cm³/mol. The maximum absolute atomic E-state index is 11.8. The number of ether oxygens (including phenoxy) is 1. The van der Waals surface area contributed by atoms with Gasteiger partial charge in [-0.1, -0.05) is 23.2 Å². The number of nitro benzene ring substituents is 1. The van der Waals surface area contributed by atoms with Gasteiger partial charge in [0.15, 0.2) is 5.75 Å². The predicted octanol–water partition coefficient (Wildman–Crippen LogP) is 4.60. The van der Waals surface area contributed by atoms with Crippen LogP contribution < -0.4 is 4.74 Å². The molecule has 5 nitrogen and oxygen atoms in total. The second-order valence-electron chi connectivity index (χ2n) is 4.09. The molecule has 2 rings (SSSR count). The number of esters is 1. The van der Waals surface area contributed by atoms with Gasteiger partial charge in [0, 0.05) is 28.1 Å². The van der Waals surface area contributed by atoms with Crippen molar-refractivity contribution < 1.29 is 14.5 Å². The number of nitrogens with zero attached hydrogens (tertiary/aromatic N) is 1. The van der Waals surface area contributed by atoms with E-state index < -0.39 is 10.9 Å². The van der Waals surface area contributed by atoms with Crippen LogP contribution >= 0.6 is 35.0 Å². The zero-order valence-corrected chi connectivity index (χ0v) is 13.3. The molecule has 0 atom stereocenters. The molecule has 0 aliphatic heterocycles. The molecule has 0 unspecified atom stereocenters. The molecule has 0 saturated heterocycles. The fraction of sp³-hybridized carbons (Fsp3) is 0.0714. The van der Waals surface area contributed by atoms with Crippen molar-refractivity contribution in [2.45, 2.75) is 4.90 Å². The van der Waals surface area contributed by atoms with Gasteiger partial charge >= 0.3 is 5.97 Å². The highest BCUT2D eigenvalue weighted by atomic mass is 35.5.